The molecule has 0 saturated heterocycles. The average Bonchev–Trinajstić information content (AvgIpc) is 3.26. The zero-order chi connectivity index (χ0) is 22.4. The third kappa shape index (κ3) is 6.26. The van der Waals surface area contributed by atoms with Crippen LogP contribution in [0.25, 0.3) is 0 Å². The number of amides is 2. The van der Waals surface area contributed by atoms with Crippen LogP contribution < -0.4 is 5.32 Å². The smallest absolute Gasteiger partial charge is 0.467 e. The Bertz CT molecular complexity index is 863. The van der Waals surface area contributed by atoms with E-state index in [9.17, 15) is 22.8 Å². The van der Waals surface area contributed by atoms with Crippen molar-refractivity contribution in [3.8, 4) is 0 Å². The van der Waals surface area contributed by atoms with E-state index in [1.54, 1.807) is 24.3 Å². The minimum Gasteiger partial charge on any atom is -0.467 e. The highest BCUT2D eigenvalue weighted by Gasteiger charge is 2.47. The molecule has 168 valence electrons. The van der Waals surface area contributed by atoms with E-state index in [1.807, 2.05) is 0 Å². The van der Waals surface area contributed by atoms with Crippen molar-refractivity contribution in [2.24, 2.45) is 0 Å². The SMILES string of the molecule is O=C(NC1CCCCC1)[C@@H](c1ccco1)N(CCc1ccc(Cl)cc1)C(=O)C(F)(F)F. The van der Waals surface area contributed by atoms with E-state index >= 15 is 0 Å². The Balaban J connectivity index is 1.87. The minimum absolute atomic E-state index is 0.0120. The Labute approximate surface area is 183 Å². The molecule has 5 nitrogen and oxygen atoms in total. The number of alkyl halides is 3. The standard InChI is InChI=1S/C22H24ClF3N2O3/c23-16-10-8-15(9-11-16)12-13-28(21(30)22(24,25)26)19(18-7-4-14-31-18)20(29)27-17-5-2-1-3-6-17/h4,7-11,14,17,19H,1-3,5-6,12-13H2,(H,27,29)/t19-/m1/s1. The van der Waals surface area contributed by atoms with Gasteiger partial charge in [-0.2, -0.15) is 13.2 Å². The summed E-state index contributed by atoms with van der Waals surface area (Å²) in [5.74, 6) is -2.76. The Morgan fingerprint density at radius 2 is 1.81 bits per heavy atom. The summed E-state index contributed by atoms with van der Waals surface area (Å²) >= 11 is 5.86. The van der Waals surface area contributed by atoms with Gasteiger partial charge in [-0.05, 0) is 49.1 Å². The van der Waals surface area contributed by atoms with Crippen molar-refractivity contribution in [3.63, 3.8) is 0 Å². The highest BCUT2D eigenvalue weighted by atomic mass is 35.5. The zero-order valence-corrected chi connectivity index (χ0v) is 17.6. The van der Waals surface area contributed by atoms with Crippen LogP contribution in [0.5, 0.6) is 0 Å². The number of benzene rings is 1. The quantitative estimate of drug-likeness (QED) is 0.633. The first-order chi connectivity index (χ1) is 14.8. The second kappa shape index (κ2) is 10.2. The molecule has 1 atom stereocenters. The molecule has 1 saturated carbocycles. The van der Waals surface area contributed by atoms with Crippen molar-refractivity contribution in [2.45, 2.75) is 56.8 Å². The maximum absolute atomic E-state index is 13.4. The van der Waals surface area contributed by atoms with Crippen molar-refractivity contribution in [3.05, 3.63) is 59.0 Å². The maximum atomic E-state index is 13.4. The van der Waals surface area contributed by atoms with Gasteiger partial charge in [0.25, 0.3) is 5.91 Å². The fourth-order valence-corrected chi connectivity index (χ4v) is 3.94. The third-order valence-electron chi connectivity index (χ3n) is 5.38. The fourth-order valence-electron chi connectivity index (χ4n) is 3.81. The van der Waals surface area contributed by atoms with Crippen molar-refractivity contribution in [1.29, 1.82) is 0 Å². The molecule has 2 aromatic rings. The number of nitrogens with one attached hydrogen (secondary N) is 1. The van der Waals surface area contributed by atoms with Gasteiger partial charge in [0.15, 0.2) is 6.04 Å². The topological polar surface area (TPSA) is 62.6 Å². The van der Waals surface area contributed by atoms with Gasteiger partial charge in [0.1, 0.15) is 5.76 Å². The van der Waals surface area contributed by atoms with E-state index in [1.165, 1.54) is 18.4 Å². The Kier molecular flexibility index (Phi) is 7.64. The van der Waals surface area contributed by atoms with Gasteiger partial charge in [0, 0.05) is 17.6 Å². The van der Waals surface area contributed by atoms with Crippen LogP contribution in [0.15, 0.2) is 47.1 Å². The van der Waals surface area contributed by atoms with Gasteiger partial charge in [-0.25, -0.2) is 0 Å². The number of hydrogen-bond acceptors (Lipinski definition) is 3. The number of hydrogen-bond donors (Lipinski definition) is 1. The molecule has 0 radical (unpaired) electrons. The molecule has 1 N–H and O–H groups in total. The number of halogens is 4. The molecule has 1 aromatic carbocycles. The molecule has 0 spiro atoms. The molecule has 1 aromatic heterocycles. The minimum atomic E-state index is -5.13. The molecule has 9 heteroatoms. The van der Waals surface area contributed by atoms with Crippen LogP contribution in [0.4, 0.5) is 13.2 Å². The van der Waals surface area contributed by atoms with Gasteiger partial charge in [0.05, 0.1) is 6.26 Å². The highest BCUT2D eigenvalue weighted by Crippen LogP contribution is 2.29. The number of carbonyl (C=O) groups is 2. The lowest BCUT2D eigenvalue weighted by atomic mass is 9.95. The molecule has 3 rings (SSSR count). The summed E-state index contributed by atoms with van der Waals surface area (Å²) < 4.78 is 45.6. The predicted molar refractivity (Wildman–Crippen MR) is 109 cm³/mol. The van der Waals surface area contributed by atoms with Crippen molar-refractivity contribution < 1.29 is 27.2 Å². The summed E-state index contributed by atoms with van der Waals surface area (Å²) in [4.78, 5) is 26.0. The van der Waals surface area contributed by atoms with Crippen molar-refractivity contribution >= 4 is 23.4 Å². The molecular formula is C22H24ClF3N2O3. The summed E-state index contributed by atoms with van der Waals surface area (Å²) in [6.07, 6.45) is 0.724. The Morgan fingerprint density at radius 1 is 1.13 bits per heavy atom. The first kappa shape index (κ1) is 23.2. The highest BCUT2D eigenvalue weighted by molar-refractivity contribution is 6.30. The summed E-state index contributed by atoms with van der Waals surface area (Å²) in [5.41, 5.74) is 0.690. The first-order valence-electron chi connectivity index (χ1n) is 10.2. The number of carbonyl (C=O) groups excluding carboxylic acids is 2. The van der Waals surface area contributed by atoms with Gasteiger partial charge in [-0.1, -0.05) is 43.0 Å². The summed E-state index contributed by atoms with van der Waals surface area (Å²) in [5, 5.41) is 3.31. The molecular weight excluding hydrogens is 433 g/mol. The van der Waals surface area contributed by atoms with Gasteiger partial charge >= 0.3 is 12.1 Å². The molecule has 1 fully saturated rings. The molecule has 2 amide bonds. The van der Waals surface area contributed by atoms with Crippen LogP contribution >= 0.6 is 11.6 Å². The van der Waals surface area contributed by atoms with Crippen molar-refractivity contribution in [1.82, 2.24) is 10.2 Å². The lowest BCUT2D eigenvalue weighted by Crippen LogP contribution is -2.51. The van der Waals surface area contributed by atoms with Gasteiger partial charge < -0.3 is 14.6 Å². The van der Waals surface area contributed by atoms with E-state index < -0.39 is 24.0 Å². The lowest BCUT2D eigenvalue weighted by Gasteiger charge is -2.32. The monoisotopic (exact) mass is 456 g/mol. The molecule has 1 heterocycles. The second-order valence-corrected chi connectivity index (χ2v) is 8.07. The lowest BCUT2D eigenvalue weighted by molar-refractivity contribution is -0.189. The fraction of sp³-hybridized carbons (Fsp3) is 0.455. The summed E-state index contributed by atoms with van der Waals surface area (Å²) in [7, 11) is 0. The zero-order valence-electron chi connectivity index (χ0n) is 16.8. The molecule has 0 unspecified atom stereocenters. The van der Waals surface area contributed by atoms with Crippen LogP contribution in [0, 0.1) is 0 Å². The second-order valence-electron chi connectivity index (χ2n) is 7.63. The Hall–Kier alpha value is -2.48. The van der Waals surface area contributed by atoms with E-state index in [-0.39, 0.29) is 24.8 Å². The number of nitrogens with zero attached hydrogens (tertiary/aromatic N) is 1. The predicted octanol–water partition coefficient (Wildman–Crippen LogP) is 5.06. The van der Waals surface area contributed by atoms with E-state index in [2.05, 4.69) is 5.32 Å². The molecule has 31 heavy (non-hydrogen) atoms. The van der Waals surface area contributed by atoms with Gasteiger partial charge in [-0.3, -0.25) is 9.59 Å². The molecule has 0 aliphatic heterocycles. The van der Waals surface area contributed by atoms with E-state index in [0.29, 0.717) is 15.5 Å². The van der Waals surface area contributed by atoms with Crippen LogP contribution in [0.3, 0.4) is 0 Å². The summed E-state index contributed by atoms with van der Waals surface area (Å²) in [6.45, 7) is -0.316. The molecule has 1 aliphatic carbocycles. The largest absolute Gasteiger partial charge is 0.471 e. The van der Waals surface area contributed by atoms with Crippen LogP contribution in [-0.4, -0.2) is 35.5 Å². The van der Waals surface area contributed by atoms with Crippen molar-refractivity contribution in [2.75, 3.05) is 6.54 Å². The maximum Gasteiger partial charge on any atom is 0.471 e. The molecule has 0 bridgehead atoms. The van der Waals surface area contributed by atoms with Gasteiger partial charge in [0.2, 0.25) is 0 Å². The normalized spacial score (nSPS) is 16.0. The van der Waals surface area contributed by atoms with E-state index in [0.717, 1.165) is 32.1 Å². The average molecular weight is 457 g/mol. The van der Waals surface area contributed by atoms with Gasteiger partial charge in [-0.15, -0.1) is 0 Å². The van der Waals surface area contributed by atoms with E-state index in [4.69, 9.17) is 16.0 Å². The van der Waals surface area contributed by atoms with Crippen LogP contribution in [0.2, 0.25) is 5.02 Å². The third-order valence-corrected chi connectivity index (χ3v) is 5.63. The first-order valence-corrected chi connectivity index (χ1v) is 10.6. The summed E-state index contributed by atoms with van der Waals surface area (Å²) in [6, 6.07) is 7.82. The molecule has 1 aliphatic rings. The number of furan rings is 1. The van der Waals surface area contributed by atoms with Crippen LogP contribution in [0.1, 0.15) is 49.5 Å². The van der Waals surface area contributed by atoms with Crippen LogP contribution in [-0.2, 0) is 16.0 Å². The Morgan fingerprint density at radius 3 is 2.39 bits per heavy atom. The number of rotatable bonds is 7.